The zero-order chi connectivity index (χ0) is 18.5. The number of hydrogen-bond acceptors (Lipinski definition) is 6. The molecule has 0 saturated heterocycles. The number of nitrogens with one attached hydrogen (secondary N) is 2. The third-order valence-corrected chi connectivity index (χ3v) is 4.87. The van der Waals surface area contributed by atoms with Crippen LogP contribution in [0.5, 0.6) is 11.5 Å². The average molecular weight is 384 g/mol. The zero-order valence-corrected chi connectivity index (χ0v) is 15.7. The summed E-state index contributed by atoms with van der Waals surface area (Å²) in [7, 11) is 1.72. The first-order valence-electron chi connectivity index (χ1n) is 8.63. The summed E-state index contributed by atoms with van der Waals surface area (Å²) in [5.41, 5.74) is 0.813. The van der Waals surface area contributed by atoms with Gasteiger partial charge in [-0.05, 0) is 23.6 Å². The standard InChI is InChI=1S/C19H20N4O3S/c1-20-19(21-9-13-11-25-18(23-13)17-7-4-8-27-17)22-10-14-12-24-15-5-2-3-6-16(15)26-14/h2-8,11,14H,9-10,12H2,1H3,(H2,20,21,22). The molecule has 3 heterocycles. The molecule has 4 rings (SSSR count). The van der Waals surface area contributed by atoms with Crippen molar-refractivity contribution in [1.29, 1.82) is 0 Å². The van der Waals surface area contributed by atoms with Crippen molar-refractivity contribution in [2.45, 2.75) is 12.6 Å². The van der Waals surface area contributed by atoms with Crippen molar-refractivity contribution < 1.29 is 13.9 Å². The highest BCUT2D eigenvalue weighted by atomic mass is 32.1. The van der Waals surface area contributed by atoms with Gasteiger partial charge in [0.05, 0.1) is 23.7 Å². The second-order valence-corrected chi connectivity index (χ2v) is 6.87. The number of benzene rings is 1. The zero-order valence-electron chi connectivity index (χ0n) is 14.8. The summed E-state index contributed by atoms with van der Waals surface area (Å²) in [4.78, 5) is 9.73. The second-order valence-electron chi connectivity index (χ2n) is 5.93. The lowest BCUT2D eigenvalue weighted by molar-refractivity contribution is 0.0936. The maximum Gasteiger partial charge on any atom is 0.236 e. The Balaban J connectivity index is 1.27. The summed E-state index contributed by atoms with van der Waals surface area (Å²) in [6, 6.07) is 11.6. The van der Waals surface area contributed by atoms with E-state index in [1.54, 1.807) is 24.6 Å². The van der Waals surface area contributed by atoms with Gasteiger partial charge in [-0.1, -0.05) is 18.2 Å². The van der Waals surface area contributed by atoms with E-state index in [9.17, 15) is 0 Å². The summed E-state index contributed by atoms with van der Waals surface area (Å²) in [5, 5.41) is 8.48. The Morgan fingerprint density at radius 1 is 1.22 bits per heavy atom. The Kier molecular flexibility index (Phi) is 5.24. The van der Waals surface area contributed by atoms with E-state index in [1.165, 1.54) is 0 Å². The predicted molar refractivity (Wildman–Crippen MR) is 104 cm³/mol. The van der Waals surface area contributed by atoms with E-state index < -0.39 is 0 Å². The molecule has 2 aromatic heterocycles. The molecular formula is C19H20N4O3S. The molecule has 27 heavy (non-hydrogen) atoms. The molecule has 0 fully saturated rings. The van der Waals surface area contributed by atoms with Crippen LogP contribution in [-0.4, -0.2) is 37.2 Å². The maximum absolute atomic E-state index is 5.94. The van der Waals surface area contributed by atoms with Gasteiger partial charge in [-0.25, -0.2) is 4.98 Å². The summed E-state index contributed by atoms with van der Waals surface area (Å²) < 4.78 is 17.2. The number of para-hydroxylation sites is 2. The third-order valence-electron chi connectivity index (χ3n) is 4.01. The highest BCUT2D eigenvalue weighted by Gasteiger charge is 2.20. The van der Waals surface area contributed by atoms with E-state index in [1.807, 2.05) is 41.8 Å². The van der Waals surface area contributed by atoms with Crippen molar-refractivity contribution in [3.63, 3.8) is 0 Å². The number of nitrogens with zero attached hydrogens (tertiary/aromatic N) is 2. The van der Waals surface area contributed by atoms with Gasteiger partial charge in [0.15, 0.2) is 17.5 Å². The summed E-state index contributed by atoms with van der Waals surface area (Å²) in [6.07, 6.45) is 1.57. The molecule has 0 aliphatic carbocycles. The quantitative estimate of drug-likeness (QED) is 0.520. The molecule has 2 N–H and O–H groups in total. The minimum atomic E-state index is -0.0871. The van der Waals surface area contributed by atoms with E-state index in [4.69, 9.17) is 13.9 Å². The Morgan fingerprint density at radius 2 is 2.11 bits per heavy atom. The summed E-state index contributed by atoms with van der Waals surface area (Å²) in [5.74, 6) is 2.85. The molecule has 0 amide bonds. The molecule has 0 saturated carbocycles. The lowest BCUT2D eigenvalue weighted by Crippen LogP contribution is -2.45. The van der Waals surface area contributed by atoms with Crippen LogP contribution in [0.3, 0.4) is 0 Å². The smallest absolute Gasteiger partial charge is 0.236 e. The molecule has 8 heteroatoms. The minimum Gasteiger partial charge on any atom is -0.486 e. The fraction of sp³-hybridized carbons (Fsp3) is 0.263. The number of ether oxygens (including phenoxy) is 2. The summed E-state index contributed by atoms with van der Waals surface area (Å²) in [6.45, 7) is 1.58. The van der Waals surface area contributed by atoms with E-state index in [0.29, 0.717) is 31.5 Å². The van der Waals surface area contributed by atoms with Gasteiger partial charge < -0.3 is 24.5 Å². The van der Waals surface area contributed by atoms with Gasteiger partial charge in [-0.15, -0.1) is 11.3 Å². The van der Waals surface area contributed by atoms with Crippen LogP contribution in [0.25, 0.3) is 10.8 Å². The lowest BCUT2D eigenvalue weighted by atomic mass is 10.2. The fourth-order valence-corrected chi connectivity index (χ4v) is 3.33. The number of rotatable bonds is 5. The Morgan fingerprint density at radius 3 is 2.93 bits per heavy atom. The number of oxazole rings is 1. The largest absolute Gasteiger partial charge is 0.486 e. The lowest BCUT2D eigenvalue weighted by Gasteiger charge is -2.27. The third kappa shape index (κ3) is 4.22. The van der Waals surface area contributed by atoms with Crippen LogP contribution in [0.15, 0.2) is 57.5 Å². The molecule has 140 valence electrons. The van der Waals surface area contributed by atoms with Crippen LogP contribution >= 0.6 is 11.3 Å². The maximum atomic E-state index is 5.94. The van der Waals surface area contributed by atoms with Gasteiger partial charge >= 0.3 is 0 Å². The molecule has 3 aromatic rings. The van der Waals surface area contributed by atoms with Crippen LogP contribution in [0.4, 0.5) is 0 Å². The van der Waals surface area contributed by atoms with Crippen LogP contribution < -0.4 is 20.1 Å². The molecule has 1 atom stereocenters. The Bertz CT molecular complexity index is 907. The molecule has 1 unspecified atom stereocenters. The van der Waals surface area contributed by atoms with Crippen LogP contribution in [0.1, 0.15) is 5.69 Å². The topological polar surface area (TPSA) is 80.9 Å². The Labute approximate surface area is 161 Å². The number of thiophene rings is 1. The van der Waals surface area contributed by atoms with Crippen LogP contribution in [0, 0.1) is 0 Å². The van der Waals surface area contributed by atoms with Gasteiger partial charge in [-0.3, -0.25) is 4.99 Å². The molecular weight excluding hydrogens is 364 g/mol. The molecule has 7 nitrogen and oxygen atoms in total. The molecule has 0 spiro atoms. The highest BCUT2D eigenvalue weighted by Crippen LogP contribution is 2.30. The van der Waals surface area contributed by atoms with Crippen molar-refractivity contribution in [2.75, 3.05) is 20.2 Å². The normalized spacial score (nSPS) is 16.2. The van der Waals surface area contributed by atoms with Gasteiger partial charge in [0.2, 0.25) is 5.89 Å². The van der Waals surface area contributed by atoms with Gasteiger partial charge in [0.25, 0.3) is 0 Å². The first-order valence-corrected chi connectivity index (χ1v) is 9.51. The van der Waals surface area contributed by atoms with Gasteiger partial charge in [0, 0.05) is 7.05 Å². The number of hydrogen-bond donors (Lipinski definition) is 2. The van der Waals surface area contributed by atoms with Crippen molar-refractivity contribution in [3.05, 3.63) is 53.7 Å². The second kappa shape index (κ2) is 8.13. The first kappa shape index (κ1) is 17.4. The summed E-state index contributed by atoms with van der Waals surface area (Å²) >= 11 is 1.60. The molecule has 1 aliphatic rings. The predicted octanol–water partition coefficient (Wildman–Crippen LogP) is 2.91. The van der Waals surface area contributed by atoms with E-state index in [0.717, 1.165) is 22.1 Å². The number of guanidine groups is 1. The Hall–Kier alpha value is -3.00. The molecule has 1 aliphatic heterocycles. The number of aliphatic imine (C=N–C) groups is 1. The van der Waals surface area contributed by atoms with Crippen LogP contribution in [-0.2, 0) is 6.54 Å². The van der Waals surface area contributed by atoms with E-state index in [-0.39, 0.29) is 6.10 Å². The SMILES string of the molecule is CN=C(NCc1coc(-c2cccs2)n1)NCC1COc2ccccc2O1. The number of aromatic nitrogens is 1. The highest BCUT2D eigenvalue weighted by molar-refractivity contribution is 7.13. The van der Waals surface area contributed by atoms with Gasteiger partial charge in [0.1, 0.15) is 19.0 Å². The molecule has 1 aromatic carbocycles. The fourth-order valence-electron chi connectivity index (χ4n) is 2.67. The van der Waals surface area contributed by atoms with Gasteiger partial charge in [-0.2, -0.15) is 0 Å². The minimum absolute atomic E-state index is 0.0871. The monoisotopic (exact) mass is 384 g/mol. The molecule has 0 radical (unpaired) electrons. The van der Waals surface area contributed by atoms with Crippen molar-refractivity contribution in [3.8, 4) is 22.3 Å². The van der Waals surface area contributed by atoms with E-state index >= 15 is 0 Å². The van der Waals surface area contributed by atoms with Crippen molar-refractivity contribution >= 4 is 17.3 Å². The van der Waals surface area contributed by atoms with Crippen LogP contribution in [0.2, 0.25) is 0 Å². The number of fused-ring (bicyclic) bond motifs is 1. The van der Waals surface area contributed by atoms with E-state index in [2.05, 4.69) is 20.6 Å². The first-order chi connectivity index (χ1) is 13.3. The average Bonchev–Trinajstić information content (AvgIpc) is 3.40. The molecule has 0 bridgehead atoms. The van der Waals surface area contributed by atoms with Crippen molar-refractivity contribution in [2.24, 2.45) is 4.99 Å². The van der Waals surface area contributed by atoms with Crippen molar-refractivity contribution in [1.82, 2.24) is 15.6 Å².